The van der Waals surface area contributed by atoms with Crippen LogP contribution in [0.3, 0.4) is 0 Å². The Labute approximate surface area is 153 Å². The van der Waals surface area contributed by atoms with Crippen molar-refractivity contribution in [3.05, 3.63) is 64.1 Å². The van der Waals surface area contributed by atoms with Gasteiger partial charge in [0.2, 0.25) is 0 Å². The van der Waals surface area contributed by atoms with Crippen molar-refractivity contribution in [2.75, 3.05) is 5.32 Å². The highest BCUT2D eigenvalue weighted by molar-refractivity contribution is 14.0. The number of halogens is 1. The fourth-order valence-corrected chi connectivity index (χ4v) is 2.18. The van der Waals surface area contributed by atoms with Crippen LogP contribution in [0.1, 0.15) is 25.0 Å². The summed E-state index contributed by atoms with van der Waals surface area (Å²) >= 11 is 0. The second-order valence-electron chi connectivity index (χ2n) is 5.00. The van der Waals surface area contributed by atoms with Gasteiger partial charge in [0.25, 0.3) is 5.56 Å². The molecule has 0 saturated carbocycles. The third kappa shape index (κ3) is 5.38. The number of nitrogens with one attached hydrogen (secondary N) is 1. The predicted molar refractivity (Wildman–Crippen MR) is 107 cm³/mol. The van der Waals surface area contributed by atoms with Crippen LogP contribution in [0, 0.1) is 0 Å². The van der Waals surface area contributed by atoms with Crippen LogP contribution in [0.5, 0.6) is 0 Å². The van der Waals surface area contributed by atoms with E-state index in [9.17, 15) is 4.79 Å². The third-order valence-electron chi connectivity index (χ3n) is 3.47. The smallest absolute Gasteiger partial charge is 0.255 e. The van der Waals surface area contributed by atoms with Gasteiger partial charge in [-0.15, -0.1) is 24.0 Å². The molecule has 1 heterocycles. The molecule has 6 heteroatoms. The lowest BCUT2D eigenvalue weighted by Crippen LogP contribution is -2.25. The summed E-state index contributed by atoms with van der Waals surface area (Å²) in [6, 6.07) is 11.7. The van der Waals surface area contributed by atoms with Crippen molar-refractivity contribution < 1.29 is 0 Å². The Morgan fingerprint density at radius 1 is 1.26 bits per heavy atom. The number of guanidine groups is 1. The van der Waals surface area contributed by atoms with Gasteiger partial charge in [-0.2, -0.15) is 0 Å². The van der Waals surface area contributed by atoms with Crippen LogP contribution in [0.25, 0.3) is 0 Å². The summed E-state index contributed by atoms with van der Waals surface area (Å²) in [6.45, 7) is 4.95. The van der Waals surface area contributed by atoms with Crippen LogP contribution in [0.15, 0.2) is 52.4 Å². The minimum absolute atomic E-state index is 0. The number of nitrogens with two attached hydrogens (primary N) is 1. The molecule has 23 heavy (non-hydrogen) atoms. The fourth-order valence-electron chi connectivity index (χ4n) is 2.18. The molecule has 2 rings (SSSR count). The summed E-state index contributed by atoms with van der Waals surface area (Å²) in [5, 5.41) is 3.05. The number of aromatic nitrogens is 1. The van der Waals surface area contributed by atoms with E-state index < -0.39 is 0 Å². The monoisotopic (exact) mass is 426 g/mol. The summed E-state index contributed by atoms with van der Waals surface area (Å²) in [5.41, 5.74) is 8.64. The maximum absolute atomic E-state index is 12.1. The Hall–Kier alpha value is -1.83. The summed E-state index contributed by atoms with van der Waals surface area (Å²) < 4.78 is 1.65. The Morgan fingerprint density at radius 2 is 2.04 bits per heavy atom. The zero-order valence-electron chi connectivity index (χ0n) is 13.5. The molecule has 0 aliphatic carbocycles. The maximum Gasteiger partial charge on any atom is 0.255 e. The normalized spacial score (nSPS) is 11.0. The number of nitrogens with zero attached hydrogens (tertiary/aromatic N) is 2. The van der Waals surface area contributed by atoms with Crippen molar-refractivity contribution in [1.29, 1.82) is 0 Å². The summed E-state index contributed by atoms with van der Waals surface area (Å²) in [5.74, 6) is 0.305. The lowest BCUT2D eigenvalue weighted by molar-refractivity contribution is 0.714. The van der Waals surface area contributed by atoms with Crippen LogP contribution >= 0.6 is 24.0 Å². The molecular weight excluding hydrogens is 403 g/mol. The van der Waals surface area contributed by atoms with E-state index in [1.807, 2.05) is 31.2 Å². The minimum Gasteiger partial charge on any atom is -0.370 e. The van der Waals surface area contributed by atoms with Gasteiger partial charge in [-0.3, -0.25) is 4.79 Å². The molecule has 0 bridgehead atoms. The van der Waals surface area contributed by atoms with Crippen molar-refractivity contribution >= 4 is 35.6 Å². The van der Waals surface area contributed by atoms with Crippen LogP contribution in [0.4, 0.5) is 5.69 Å². The third-order valence-corrected chi connectivity index (χ3v) is 3.47. The Bertz CT molecular complexity index is 725. The van der Waals surface area contributed by atoms with Crippen LogP contribution in [0.2, 0.25) is 0 Å². The Morgan fingerprint density at radius 3 is 2.74 bits per heavy atom. The molecule has 0 radical (unpaired) electrons. The molecule has 2 aromatic rings. The second kappa shape index (κ2) is 9.34. The number of anilines is 1. The Balaban J connectivity index is 0.00000264. The molecule has 1 aromatic carbocycles. The number of pyridine rings is 1. The highest BCUT2D eigenvalue weighted by atomic mass is 127. The number of hydrogen-bond acceptors (Lipinski definition) is 2. The van der Waals surface area contributed by atoms with E-state index in [1.165, 1.54) is 5.56 Å². The molecule has 124 valence electrons. The van der Waals surface area contributed by atoms with Gasteiger partial charge in [0.1, 0.15) is 0 Å². The molecule has 1 aromatic heterocycles. The fraction of sp³-hybridized carbons (Fsp3) is 0.294. The van der Waals surface area contributed by atoms with E-state index in [1.54, 1.807) is 16.8 Å². The highest BCUT2D eigenvalue weighted by Gasteiger charge is 2.02. The van der Waals surface area contributed by atoms with E-state index in [2.05, 4.69) is 23.3 Å². The minimum atomic E-state index is -0.0190. The molecule has 0 aliphatic rings. The largest absolute Gasteiger partial charge is 0.370 e. The zero-order chi connectivity index (χ0) is 15.9. The first kappa shape index (κ1) is 19.2. The van der Waals surface area contributed by atoms with Crippen molar-refractivity contribution in [2.24, 2.45) is 10.7 Å². The van der Waals surface area contributed by atoms with E-state index in [0.29, 0.717) is 18.1 Å². The quantitative estimate of drug-likeness (QED) is 0.439. The average Bonchev–Trinajstić information content (AvgIpc) is 2.54. The van der Waals surface area contributed by atoms with Gasteiger partial charge in [-0.1, -0.05) is 25.1 Å². The lowest BCUT2D eigenvalue weighted by atomic mass is 10.1. The number of rotatable bonds is 5. The number of aliphatic imine (C=N–C) groups is 1. The summed E-state index contributed by atoms with van der Waals surface area (Å²) in [4.78, 5) is 16.3. The standard InChI is InChI=1S/C17H22N4O.HI/c1-3-13-7-5-9-15(11-13)20-17(18)19-12-14-8-6-10-21(4-2)16(14)22;/h5-11H,3-4,12H2,1-2H3,(H3,18,19,20);1H. The molecule has 0 spiro atoms. The molecule has 5 nitrogen and oxygen atoms in total. The van der Waals surface area contributed by atoms with E-state index >= 15 is 0 Å². The van der Waals surface area contributed by atoms with Crippen LogP contribution in [-0.4, -0.2) is 10.5 Å². The van der Waals surface area contributed by atoms with E-state index in [0.717, 1.165) is 12.1 Å². The molecular formula is C17H23IN4O. The van der Waals surface area contributed by atoms with Crippen molar-refractivity contribution in [3.63, 3.8) is 0 Å². The van der Waals surface area contributed by atoms with E-state index in [4.69, 9.17) is 5.73 Å². The SMILES string of the molecule is CCc1cccc(NC(N)=NCc2cccn(CC)c2=O)c1.I. The molecule has 0 fully saturated rings. The van der Waals surface area contributed by atoms with Crippen LogP contribution in [-0.2, 0) is 19.5 Å². The molecule has 0 aliphatic heterocycles. The van der Waals surface area contributed by atoms with Gasteiger partial charge in [-0.05, 0) is 37.1 Å². The molecule has 0 saturated heterocycles. The van der Waals surface area contributed by atoms with Crippen LogP contribution < -0.4 is 16.6 Å². The van der Waals surface area contributed by atoms with Crippen molar-refractivity contribution in [3.8, 4) is 0 Å². The maximum atomic E-state index is 12.1. The number of benzene rings is 1. The first-order chi connectivity index (χ1) is 10.6. The summed E-state index contributed by atoms with van der Waals surface area (Å²) in [6.07, 6.45) is 2.74. The average molecular weight is 426 g/mol. The topological polar surface area (TPSA) is 72.4 Å². The number of aryl methyl sites for hydroxylation is 2. The predicted octanol–water partition coefficient (Wildman–Crippen LogP) is 2.98. The first-order valence-electron chi connectivity index (χ1n) is 7.48. The Kier molecular flexibility index (Phi) is 7.80. The lowest BCUT2D eigenvalue weighted by Gasteiger charge is -2.07. The van der Waals surface area contributed by atoms with Gasteiger partial charge in [0, 0.05) is 24.0 Å². The van der Waals surface area contributed by atoms with Crippen molar-refractivity contribution in [2.45, 2.75) is 33.4 Å². The summed E-state index contributed by atoms with van der Waals surface area (Å²) in [7, 11) is 0. The van der Waals surface area contributed by atoms with Crippen molar-refractivity contribution in [1.82, 2.24) is 4.57 Å². The first-order valence-corrected chi connectivity index (χ1v) is 7.48. The molecule has 0 unspecified atom stereocenters. The van der Waals surface area contributed by atoms with Gasteiger partial charge < -0.3 is 15.6 Å². The molecule has 0 amide bonds. The van der Waals surface area contributed by atoms with Gasteiger partial charge in [-0.25, -0.2) is 4.99 Å². The van der Waals surface area contributed by atoms with Gasteiger partial charge in [0.15, 0.2) is 5.96 Å². The van der Waals surface area contributed by atoms with Gasteiger partial charge in [0.05, 0.1) is 6.54 Å². The second-order valence-corrected chi connectivity index (χ2v) is 5.00. The zero-order valence-corrected chi connectivity index (χ0v) is 15.8. The number of hydrogen-bond donors (Lipinski definition) is 2. The molecule has 3 N–H and O–H groups in total. The molecule has 0 atom stereocenters. The highest BCUT2D eigenvalue weighted by Crippen LogP contribution is 2.10. The van der Waals surface area contributed by atoms with E-state index in [-0.39, 0.29) is 36.1 Å². The van der Waals surface area contributed by atoms with Gasteiger partial charge >= 0.3 is 0 Å².